The van der Waals surface area contributed by atoms with Crippen LogP contribution in [0.5, 0.6) is 0 Å². The number of carbonyl (C=O) groups excluding carboxylic acids is 1. The molecule has 0 saturated heterocycles. The minimum absolute atomic E-state index is 0.0355. The van der Waals surface area contributed by atoms with Crippen LogP contribution >= 0.6 is 0 Å². The molecule has 2 aromatic rings. The third-order valence-corrected chi connectivity index (χ3v) is 3.45. The Bertz CT molecular complexity index is 727. The van der Waals surface area contributed by atoms with Crippen molar-refractivity contribution in [2.75, 3.05) is 5.32 Å². The summed E-state index contributed by atoms with van der Waals surface area (Å²) in [5.74, 6) is -0.400. The second-order valence-corrected chi connectivity index (χ2v) is 5.29. The van der Waals surface area contributed by atoms with E-state index in [1.165, 1.54) is 6.20 Å². The van der Waals surface area contributed by atoms with Gasteiger partial charge in [-0.1, -0.05) is 48.0 Å². The average molecular weight is 305 g/mol. The van der Waals surface area contributed by atoms with Gasteiger partial charge in [-0.2, -0.15) is 5.26 Å². The first-order valence-corrected chi connectivity index (χ1v) is 7.39. The van der Waals surface area contributed by atoms with E-state index in [1.807, 2.05) is 74.5 Å². The lowest BCUT2D eigenvalue weighted by atomic mass is 10.1. The molecule has 2 aromatic carbocycles. The van der Waals surface area contributed by atoms with Gasteiger partial charge in [0.05, 0.1) is 6.04 Å². The molecule has 0 spiro atoms. The number of carbonyl (C=O) groups is 1. The Kier molecular flexibility index (Phi) is 5.54. The number of aryl methyl sites for hydroxylation is 1. The summed E-state index contributed by atoms with van der Waals surface area (Å²) in [4.78, 5) is 12.2. The lowest BCUT2D eigenvalue weighted by Gasteiger charge is -2.13. The van der Waals surface area contributed by atoms with Gasteiger partial charge >= 0.3 is 0 Å². The summed E-state index contributed by atoms with van der Waals surface area (Å²) >= 11 is 0. The second-order valence-electron chi connectivity index (χ2n) is 5.29. The van der Waals surface area contributed by atoms with Crippen LogP contribution in [-0.4, -0.2) is 5.91 Å². The number of nitriles is 1. The molecule has 0 aromatic heterocycles. The fourth-order valence-corrected chi connectivity index (χ4v) is 2.05. The van der Waals surface area contributed by atoms with Crippen molar-refractivity contribution in [1.82, 2.24) is 5.32 Å². The summed E-state index contributed by atoms with van der Waals surface area (Å²) in [5, 5.41) is 15.0. The van der Waals surface area contributed by atoms with E-state index in [4.69, 9.17) is 0 Å². The van der Waals surface area contributed by atoms with Gasteiger partial charge in [0.15, 0.2) is 0 Å². The molecule has 0 fully saturated rings. The van der Waals surface area contributed by atoms with E-state index in [9.17, 15) is 10.1 Å². The Morgan fingerprint density at radius 1 is 1.13 bits per heavy atom. The molecule has 116 valence electrons. The number of rotatable bonds is 5. The fourth-order valence-electron chi connectivity index (χ4n) is 2.05. The number of nitrogens with one attached hydrogen (secondary N) is 2. The molecule has 0 saturated carbocycles. The van der Waals surface area contributed by atoms with E-state index in [0.717, 1.165) is 16.8 Å². The number of amides is 1. The standard InChI is InChI=1S/C19H19N3O/c1-14-8-10-18(11-9-14)21-13-17(12-20)19(23)22-15(2)16-6-4-3-5-7-16/h3-11,13,15,21H,1-2H3,(H,22,23)/b17-13-. The fraction of sp³-hybridized carbons (Fsp3) is 0.158. The van der Waals surface area contributed by atoms with Crippen LogP contribution in [0.2, 0.25) is 0 Å². The molecule has 2 rings (SSSR count). The van der Waals surface area contributed by atoms with Gasteiger partial charge < -0.3 is 10.6 Å². The summed E-state index contributed by atoms with van der Waals surface area (Å²) in [6, 6.07) is 19.1. The minimum atomic E-state index is -0.400. The van der Waals surface area contributed by atoms with Crippen LogP contribution in [0.4, 0.5) is 5.69 Å². The third kappa shape index (κ3) is 4.72. The van der Waals surface area contributed by atoms with E-state index in [-0.39, 0.29) is 11.6 Å². The molecule has 23 heavy (non-hydrogen) atoms. The van der Waals surface area contributed by atoms with Crippen LogP contribution in [0, 0.1) is 18.3 Å². The maximum absolute atomic E-state index is 12.2. The molecular weight excluding hydrogens is 286 g/mol. The SMILES string of the molecule is Cc1ccc(N/C=C(/C#N)C(=O)NC(C)c2ccccc2)cc1. The molecule has 2 N–H and O–H groups in total. The highest BCUT2D eigenvalue weighted by molar-refractivity contribution is 5.97. The summed E-state index contributed by atoms with van der Waals surface area (Å²) < 4.78 is 0. The Balaban J connectivity index is 2.02. The van der Waals surface area contributed by atoms with Crippen molar-refractivity contribution in [3.05, 3.63) is 77.5 Å². The lowest BCUT2D eigenvalue weighted by Crippen LogP contribution is -2.28. The Morgan fingerprint density at radius 2 is 1.78 bits per heavy atom. The van der Waals surface area contributed by atoms with Gasteiger partial charge in [-0.15, -0.1) is 0 Å². The smallest absolute Gasteiger partial charge is 0.263 e. The van der Waals surface area contributed by atoms with Crippen molar-refractivity contribution in [3.63, 3.8) is 0 Å². The van der Waals surface area contributed by atoms with Crippen LogP contribution in [0.1, 0.15) is 24.1 Å². The first-order valence-electron chi connectivity index (χ1n) is 7.39. The van der Waals surface area contributed by atoms with Gasteiger partial charge in [-0.05, 0) is 31.5 Å². The van der Waals surface area contributed by atoms with Crippen molar-refractivity contribution >= 4 is 11.6 Å². The van der Waals surface area contributed by atoms with Gasteiger partial charge in [0.25, 0.3) is 5.91 Å². The first kappa shape index (κ1) is 16.3. The van der Waals surface area contributed by atoms with E-state index >= 15 is 0 Å². The average Bonchev–Trinajstić information content (AvgIpc) is 2.58. The van der Waals surface area contributed by atoms with Crippen LogP contribution in [0.15, 0.2) is 66.4 Å². The normalized spacial score (nSPS) is 12.1. The predicted octanol–water partition coefficient (Wildman–Crippen LogP) is 3.69. The quantitative estimate of drug-likeness (QED) is 0.654. The van der Waals surface area contributed by atoms with E-state index in [1.54, 1.807) is 0 Å². The second kappa shape index (κ2) is 7.81. The third-order valence-electron chi connectivity index (χ3n) is 3.45. The van der Waals surface area contributed by atoms with Crippen molar-refractivity contribution in [3.8, 4) is 6.07 Å². The number of benzene rings is 2. The predicted molar refractivity (Wildman–Crippen MR) is 91.5 cm³/mol. The highest BCUT2D eigenvalue weighted by atomic mass is 16.1. The van der Waals surface area contributed by atoms with Gasteiger partial charge in [0, 0.05) is 11.9 Å². The Morgan fingerprint density at radius 3 is 2.39 bits per heavy atom. The molecule has 0 aliphatic rings. The van der Waals surface area contributed by atoms with Crippen molar-refractivity contribution < 1.29 is 4.79 Å². The van der Waals surface area contributed by atoms with E-state index in [0.29, 0.717) is 0 Å². The number of hydrogen-bond acceptors (Lipinski definition) is 3. The van der Waals surface area contributed by atoms with Crippen molar-refractivity contribution in [1.29, 1.82) is 5.26 Å². The minimum Gasteiger partial charge on any atom is -0.360 e. The van der Waals surface area contributed by atoms with Crippen molar-refractivity contribution in [2.45, 2.75) is 19.9 Å². The van der Waals surface area contributed by atoms with Crippen molar-refractivity contribution in [2.24, 2.45) is 0 Å². The highest BCUT2D eigenvalue weighted by Crippen LogP contribution is 2.13. The maximum atomic E-state index is 12.2. The van der Waals surface area contributed by atoms with Crippen LogP contribution in [0.25, 0.3) is 0 Å². The summed E-state index contributed by atoms with van der Waals surface area (Å²) in [6.45, 7) is 3.88. The molecule has 0 aliphatic carbocycles. The summed E-state index contributed by atoms with van der Waals surface area (Å²) in [5.41, 5.74) is 3.00. The van der Waals surface area contributed by atoms with Gasteiger partial charge in [0.2, 0.25) is 0 Å². The summed E-state index contributed by atoms with van der Waals surface area (Å²) in [7, 11) is 0. The zero-order valence-corrected chi connectivity index (χ0v) is 13.2. The van der Waals surface area contributed by atoms with Gasteiger partial charge in [0.1, 0.15) is 11.6 Å². The molecule has 0 heterocycles. The van der Waals surface area contributed by atoms with Gasteiger partial charge in [-0.25, -0.2) is 0 Å². The number of hydrogen-bond donors (Lipinski definition) is 2. The number of nitrogens with zero attached hydrogens (tertiary/aromatic N) is 1. The Hall–Kier alpha value is -3.06. The Labute approximate surface area is 136 Å². The van der Waals surface area contributed by atoms with Crippen LogP contribution in [0.3, 0.4) is 0 Å². The first-order chi connectivity index (χ1) is 11.1. The highest BCUT2D eigenvalue weighted by Gasteiger charge is 2.13. The molecule has 4 nitrogen and oxygen atoms in total. The number of anilines is 1. The molecule has 0 radical (unpaired) electrons. The van der Waals surface area contributed by atoms with E-state index < -0.39 is 5.91 Å². The molecule has 1 atom stereocenters. The zero-order valence-electron chi connectivity index (χ0n) is 13.2. The summed E-state index contributed by atoms with van der Waals surface area (Å²) in [6.07, 6.45) is 1.43. The topological polar surface area (TPSA) is 64.9 Å². The van der Waals surface area contributed by atoms with Crippen LogP contribution < -0.4 is 10.6 Å². The van der Waals surface area contributed by atoms with E-state index in [2.05, 4.69) is 10.6 Å². The zero-order chi connectivity index (χ0) is 16.7. The largest absolute Gasteiger partial charge is 0.360 e. The molecule has 0 aliphatic heterocycles. The molecular formula is C19H19N3O. The molecule has 0 bridgehead atoms. The molecule has 1 amide bonds. The maximum Gasteiger partial charge on any atom is 0.263 e. The van der Waals surface area contributed by atoms with Crippen LogP contribution in [-0.2, 0) is 4.79 Å². The molecule has 1 unspecified atom stereocenters. The molecule has 4 heteroatoms. The van der Waals surface area contributed by atoms with Gasteiger partial charge in [-0.3, -0.25) is 4.79 Å². The lowest BCUT2D eigenvalue weighted by molar-refractivity contribution is -0.117. The monoisotopic (exact) mass is 305 g/mol.